The molecule has 1 aliphatic rings. The van der Waals surface area contributed by atoms with Crippen LogP contribution in [0.2, 0.25) is 0 Å². The lowest BCUT2D eigenvalue weighted by Crippen LogP contribution is -2.32. The number of hydrogen-bond donors (Lipinski definition) is 1. The zero-order valence-electron chi connectivity index (χ0n) is 9.50. The fraction of sp³-hybridized carbons (Fsp3) is 0.727. The molecule has 0 fully saturated rings. The SMILES string of the molecule is CCC1(C)OC(N)=CC1=NCC(C)C. The van der Waals surface area contributed by atoms with Crippen molar-refractivity contribution in [2.24, 2.45) is 16.6 Å². The van der Waals surface area contributed by atoms with Crippen LogP contribution < -0.4 is 5.73 Å². The van der Waals surface area contributed by atoms with E-state index in [4.69, 9.17) is 10.5 Å². The van der Waals surface area contributed by atoms with Crippen molar-refractivity contribution in [1.82, 2.24) is 0 Å². The van der Waals surface area contributed by atoms with Gasteiger partial charge in [0.2, 0.25) is 0 Å². The van der Waals surface area contributed by atoms with Gasteiger partial charge in [-0.3, -0.25) is 4.99 Å². The highest BCUT2D eigenvalue weighted by Crippen LogP contribution is 2.26. The fourth-order valence-corrected chi connectivity index (χ4v) is 1.38. The van der Waals surface area contributed by atoms with Crippen LogP contribution in [0.4, 0.5) is 0 Å². The van der Waals surface area contributed by atoms with Gasteiger partial charge in [0.05, 0.1) is 5.71 Å². The number of rotatable bonds is 3. The molecule has 80 valence electrons. The first-order valence-corrected chi connectivity index (χ1v) is 5.19. The molecule has 0 aromatic rings. The molecule has 0 aromatic carbocycles. The lowest BCUT2D eigenvalue weighted by Gasteiger charge is -2.23. The van der Waals surface area contributed by atoms with Crippen LogP contribution >= 0.6 is 0 Å². The van der Waals surface area contributed by atoms with Gasteiger partial charge < -0.3 is 10.5 Å². The summed E-state index contributed by atoms with van der Waals surface area (Å²) in [5.41, 5.74) is 6.31. The number of aliphatic imine (C=N–C) groups is 1. The Labute approximate surface area is 86.0 Å². The molecule has 3 nitrogen and oxygen atoms in total. The predicted octanol–water partition coefficient (Wildman–Crippen LogP) is 2.08. The summed E-state index contributed by atoms with van der Waals surface area (Å²) in [6.45, 7) is 9.24. The van der Waals surface area contributed by atoms with Gasteiger partial charge in [0.25, 0.3) is 0 Å². The second-order valence-corrected chi connectivity index (χ2v) is 4.35. The van der Waals surface area contributed by atoms with E-state index in [9.17, 15) is 0 Å². The van der Waals surface area contributed by atoms with Gasteiger partial charge in [-0.25, -0.2) is 0 Å². The summed E-state index contributed by atoms with van der Waals surface area (Å²) in [5, 5.41) is 0. The van der Waals surface area contributed by atoms with Crippen LogP contribution in [0, 0.1) is 5.92 Å². The Morgan fingerprint density at radius 1 is 1.57 bits per heavy atom. The average molecular weight is 196 g/mol. The standard InChI is InChI=1S/C11H20N2O/c1-5-11(4)9(6-10(12)14-11)13-7-8(2)3/h6,8H,5,7,12H2,1-4H3. The number of ether oxygens (including phenoxy) is 1. The molecule has 0 amide bonds. The van der Waals surface area contributed by atoms with Crippen molar-refractivity contribution in [1.29, 1.82) is 0 Å². The van der Waals surface area contributed by atoms with Gasteiger partial charge >= 0.3 is 0 Å². The summed E-state index contributed by atoms with van der Waals surface area (Å²) in [6, 6.07) is 0. The van der Waals surface area contributed by atoms with Crippen molar-refractivity contribution in [3.63, 3.8) is 0 Å². The number of nitrogens with zero attached hydrogens (tertiary/aromatic N) is 1. The van der Waals surface area contributed by atoms with Gasteiger partial charge in [-0.05, 0) is 19.3 Å². The minimum Gasteiger partial charge on any atom is -0.467 e. The lowest BCUT2D eigenvalue weighted by atomic mass is 9.98. The fourth-order valence-electron chi connectivity index (χ4n) is 1.38. The predicted molar refractivity (Wildman–Crippen MR) is 59.2 cm³/mol. The third kappa shape index (κ3) is 2.28. The third-order valence-corrected chi connectivity index (χ3v) is 2.47. The van der Waals surface area contributed by atoms with E-state index in [1.54, 1.807) is 0 Å². The summed E-state index contributed by atoms with van der Waals surface area (Å²) in [5.74, 6) is 1.05. The lowest BCUT2D eigenvalue weighted by molar-refractivity contribution is 0.0869. The van der Waals surface area contributed by atoms with Gasteiger partial charge in [-0.1, -0.05) is 20.8 Å². The molecule has 1 atom stereocenters. The third-order valence-electron chi connectivity index (χ3n) is 2.47. The molecule has 0 saturated carbocycles. The Bertz CT molecular complexity index is 268. The zero-order valence-corrected chi connectivity index (χ0v) is 9.50. The van der Waals surface area contributed by atoms with Gasteiger partial charge in [0.1, 0.15) is 5.60 Å². The summed E-state index contributed by atoms with van der Waals surface area (Å²) in [4.78, 5) is 4.53. The van der Waals surface area contributed by atoms with Crippen LogP contribution in [0.1, 0.15) is 34.1 Å². The second kappa shape index (κ2) is 4.03. The van der Waals surface area contributed by atoms with E-state index in [1.165, 1.54) is 0 Å². The van der Waals surface area contributed by atoms with Gasteiger partial charge in [0.15, 0.2) is 5.88 Å². The number of nitrogens with two attached hydrogens (primary N) is 1. The molecular weight excluding hydrogens is 176 g/mol. The molecule has 0 saturated heterocycles. The van der Waals surface area contributed by atoms with E-state index in [2.05, 4.69) is 25.8 Å². The molecular formula is C11H20N2O. The van der Waals surface area contributed by atoms with Crippen molar-refractivity contribution in [2.45, 2.75) is 39.7 Å². The van der Waals surface area contributed by atoms with Crippen molar-refractivity contribution in [3.8, 4) is 0 Å². The molecule has 1 unspecified atom stereocenters. The Morgan fingerprint density at radius 3 is 2.71 bits per heavy atom. The highest BCUT2D eigenvalue weighted by Gasteiger charge is 2.35. The topological polar surface area (TPSA) is 47.6 Å². The Balaban J connectivity index is 2.79. The first kappa shape index (κ1) is 11.1. The minimum absolute atomic E-state index is 0.307. The van der Waals surface area contributed by atoms with Crippen LogP contribution in [0.25, 0.3) is 0 Å². The van der Waals surface area contributed by atoms with Crippen LogP contribution in [-0.2, 0) is 4.74 Å². The molecule has 1 rings (SSSR count). The van der Waals surface area contributed by atoms with Crippen LogP contribution in [0.3, 0.4) is 0 Å². The maximum absolute atomic E-state index is 5.64. The van der Waals surface area contributed by atoms with E-state index in [0.29, 0.717) is 11.8 Å². The summed E-state index contributed by atoms with van der Waals surface area (Å²) < 4.78 is 5.55. The number of hydrogen-bond acceptors (Lipinski definition) is 3. The Morgan fingerprint density at radius 2 is 2.21 bits per heavy atom. The minimum atomic E-state index is -0.307. The van der Waals surface area contributed by atoms with Crippen LogP contribution in [0.15, 0.2) is 17.0 Å². The molecule has 0 aliphatic carbocycles. The maximum Gasteiger partial charge on any atom is 0.187 e. The van der Waals surface area contributed by atoms with E-state index in [-0.39, 0.29) is 5.60 Å². The summed E-state index contributed by atoms with van der Waals surface area (Å²) in [7, 11) is 0. The molecule has 1 aliphatic heterocycles. The molecule has 0 radical (unpaired) electrons. The van der Waals surface area contributed by atoms with Gasteiger partial charge in [-0.2, -0.15) is 0 Å². The second-order valence-electron chi connectivity index (χ2n) is 4.35. The highest BCUT2D eigenvalue weighted by atomic mass is 16.5. The van der Waals surface area contributed by atoms with Crippen LogP contribution in [-0.4, -0.2) is 17.9 Å². The zero-order chi connectivity index (χ0) is 10.8. The molecule has 0 bridgehead atoms. The van der Waals surface area contributed by atoms with Crippen molar-refractivity contribution in [2.75, 3.05) is 6.54 Å². The normalized spacial score (nSPS) is 29.5. The highest BCUT2D eigenvalue weighted by molar-refractivity contribution is 6.03. The molecule has 0 spiro atoms. The Hall–Kier alpha value is -0.990. The first-order chi connectivity index (χ1) is 6.48. The molecule has 0 aromatic heterocycles. The van der Waals surface area contributed by atoms with Crippen molar-refractivity contribution >= 4 is 5.71 Å². The van der Waals surface area contributed by atoms with E-state index < -0.39 is 0 Å². The molecule has 2 N–H and O–H groups in total. The maximum atomic E-state index is 5.64. The molecule has 14 heavy (non-hydrogen) atoms. The Kier molecular flexibility index (Phi) is 3.19. The smallest absolute Gasteiger partial charge is 0.187 e. The van der Waals surface area contributed by atoms with Crippen LogP contribution in [0.5, 0.6) is 0 Å². The molecule has 3 heteroatoms. The summed E-state index contributed by atoms with van der Waals surface area (Å²) in [6.07, 6.45) is 2.73. The van der Waals surface area contributed by atoms with E-state index in [0.717, 1.165) is 18.7 Å². The van der Waals surface area contributed by atoms with E-state index in [1.807, 2.05) is 13.0 Å². The van der Waals surface area contributed by atoms with Gasteiger partial charge in [0, 0.05) is 12.6 Å². The quantitative estimate of drug-likeness (QED) is 0.751. The monoisotopic (exact) mass is 196 g/mol. The molecule has 1 heterocycles. The van der Waals surface area contributed by atoms with E-state index >= 15 is 0 Å². The summed E-state index contributed by atoms with van der Waals surface area (Å²) >= 11 is 0. The van der Waals surface area contributed by atoms with Crippen molar-refractivity contribution in [3.05, 3.63) is 12.0 Å². The van der Waals surface area contributed by atoms with Gasteiger partial charge in [-0.15, -0.1) is 0 Å². The largest absolute Gasteiger partial charge is 0.467 e. The average Bonchev–Trinajstić information content (AvgIpc) is 2.39. The first-order valence-electron chi connectivity index (χ1n) is 5.19. The van der Waals surface area contributed by atoms with Crippen molar-refractivity contribution < 1.29 is 4.74 Å².